The van der Waals surface area contributed by atoms with Crippen LogP contribution < -0.4 is 11.1 Å². The second kappa shape index (κ2) is 5.76. The number of hydrogen-bond acceptors (Lipinski definition) is 4. The number of carbonyl (C=O) groups excluding carboxylic acids is 1. The van der Waals surface area contributed by atoms with Crippen molar-refractivity contribution in [2.45, 2.75) is 25.4 Å². The summed E-state index contributed by atoms with van der Waals surface area (Å²) in [7, 11) is 0. The molecule has 0 radical (unpaired) electrons. The van der Waals surface area contributed by atoms with Crippen LogP contribution in [0.2, 0.25) is 0 Å². The molecule has 5 nitrogen and oxygen atoms in total. The van der Waals surface area contributed by atoms with Gasteiger partial charge in [0.2, 0.25) is 0 Å². The molecule has 0 aromatic heterocycles. The summed E-state index contributed by atoms with van der Waals surface area (Å²) >= 11 is 0. The lowest BCUT2D eigenvalue weighted by Gasteiger charge is -2.32. The Morgan fingerprint density at radius 1 is 1.50 bits per heavy atom. The van der Waals surface area contributed by atoms with Crippen molar-refractivity contribution in [2.75, 3.05) is 25.5 Å². The Morgan fingerprint density at radius 2 is 2.15 bits per heavy atom. The number of benzene rings is 1. The van der Waals surface area contributed by atoms with Crippen molar-refractivity contribution < 1.29 is 19.0 Å². The number of amides is 1. The van der Waals surface area contributed by atoms with Gasteiger partial charge in [0.15, 0.2) is 0 Å². The molecular formula is C14H19FN2O3. The maximum atomic E-state index is 13.9. The van der Waals surface area contributed by atoms with Crippen LogP contribution in [0.25, 0.3) is 0 Å². The van der Waals surface area contributed by atoms with E-state index in [4.69, 9.17) is 10.5 Å². The van der Waals surface area contributed by atoms with Crippen molar-refractivity contribution in [1.82, 2.24) is 5.32 Å². The molecule has 0 bridgehead atoms. The first-order valence-corrected chi connectivity index (χ1v) is 6.55. The Bertz CT molecular complexity index is 513. The molecule has 1 aliphatic rings. The molecule has 1 saturated heterocycles. The SMILES string of the molecule is Cc1cc(N)cc(C(=O)NCC2(O)CCOCC2)c1F. The van der Waals surface area contributed by atoms with Crippen LogP contribution in [0.3, 0.4) is 0 Å². The molecule has 1 aromatic carbocycles. The van der Waals surface area contributed by atoms with Crippen LogP contribution in [0.1, 0.15) is 28.8 Å². The van der Waals surface area contributed by atoms with Crippen LogP contribution in [-0.2, 0) is 4.74 Å². The van der Waals surface area contributed by atoms with E-state index >= 15 is 0 Å². The van der Waals surface area contributed by atoms with Gasteiger partial charge in [-0.2, -0.15) is 0 Å². The monoisotopic (exact) mass is 282 g/mol. The predicted molar refractivity (Wildman–Crippen MR) is 72.9 cm³/mol. The summed E-state index contributed by atoms with van der Waals surface area (Å²) in [5, 5.41) is 12.8. The number of rotatable bonds is 3. The zero-order valence-corrected chi connectivity index (χ0v) is 11.4. The first-order valence-electron chi connectivity index (χ1n) is 6.55. The first-order chi connectivity index (χ1) is 9.41. The normalized spacial score (nSPS) is 17.8. The second-order valence-corrected chi connectivity index (χ2v) is 5.22. The topological polar surface area (TPSA) is 84.6 Å². The lowest BCUT2D eigenvalue weighted by Crippen LogP contribution is -2.46. The molecule has 20 heavy (non-hydrogen) atoms. The van der Waals surface area contributed by atoms with Gasteiger partial charge in [0.1, 0.15) is 5.82 Å². The van der Waals surface area contributed by atoms with Gasteiger partial charge in [0, 0.05) is 38.3 Å². The maximum Gasteiger partial charge on any atom is 0.254 e. The molecule has 0 saturated carbocycles. The fourth-order valence-corrected chi connectivity index (χ4v) is 2.23. The molecule has 2 rings (SSSR count). The molecule has 1 aromatic rings. The lowest BCUT2D eigenvalue weighted by molar-refractivity contribution is -0.0605. The number of aryl methyl sites for hydroxylation is 1. The minimum absolute atomic E-state index is 0.0719. The summed E-state index contributed by atoms with van der Waals surface area (Å²) in [6, 6.07) is 2.77. The summed E-state index contributed by atoms with van der Waals surface area (Å²) in [6.07, 6.45) is 0.900. The highest BCUT2D eigenvalue weighted by atomic mass is 19.1. The largest absolute Gasteiger partial charge is 0.399 e. The number of anilines is 1. The number of ether oxygens (including phenoxy) is 1. The average molecular weight is 282 g/mol. The third-order valence-electron chi connectivity index (χ3n) is 3.52. The minimum atomic E-state index is -0.986. The van der Waals surface area contributed by atoms with Crippen molar-refractivity contribution in [3.05, 3.63) is 29.1 Å². The van der Waals surface area contributed by atoms with E-state index in [1.54, 1.807) is 6.92 Å². The quantitative estimate of drug-likeness (QED) is 0.722. The van der Waals surface area contributed by atoms with Crippen LogP contribution in [-0.4, -0.2) is 36.4 Å². The molecule has 6 heteroatoms. The van der Waals surface area contributed by atoms with Crippen LogP contribution in [0, 0.1) is 12.7 Å². The van der Waals surface area contributed by atoms with Crippen LogP contribution >= 0.6 is 0 Å². The number of aliphatic hydroxyl groups is 1. The van der Waals surface area contributed by atoms with E-state index in [9.17, 15) is 14.3 Å². The van der Waals surface area contributed by atoms with E-state index in [1.165, 1.54) is 12.1 Å². The van der Waals surface area contributed by atoms with E-state index < -0.39 is 17.3 Å². The molecule has 0 aliphatic carbocycles. The van der Waals surface area contributed by atoms with Gasteiger partial charge >= 0.3 is 0 Å². The Morgan fingerprint density at radius 3 is 2.80 bits per heavy atom. The fourth-order valence-electron chi connectivity index (χ4n) is 2.23. The van der Waals surface area contributed by atoms with Gasteiger partial charge in [0.05, 0.1) is 11.2 Å². The van der Waals surface area contributed by atoms with Crippen molar-refractivity contribution >= 4 is 11.6 Å². The molecule has 0 spiro atoms. The Balaban J connectivity index is 2.05. The number of halogens is 1. The van der Waals surface area contributed by atoms with Gasteiger partial charge in [-0.05, 0) is 24.6 Å². The highest BCUT2D eigenvalue weighted by molar-refractivity contribution is 5.95. The number of nitrogen functional groups attached to an aromatic ring is 1. The minimum Gasteiger partial charge on any atom is -0.399 e. The molecule has 1 amide bonds. The molecule has 0 atom stereocenters. The lowest BCUT2D eigenvalue weighted by atomic mass is 9.94. The number of nitrogens with two attached hydrogens (primary N) is 1. The summed E-state index contributed by atoms with van der Waals surface area (Å²) in [6.45, 7) is 2.53. The van der Waals surface area contributed by atoms with Crippen LogP contribution in [0.15, 0.2) is 12.1 Å². The number of hydrogen-bond donors (Lipinski definition) is 3. The van der Waals surface area contributed by atoms with E-state index in [2.05, 4.69) is 5.32 Å². The second-order valence-electron chi connectivity index (χ2n) is 5.22. The average Bonchev–Trinajstić information content (AvgIpc) is 2.41. The molecule has 0 unspecified atom stereocenters. The zero-order valence-electron chi connectivity index (χ0n) is 11.4. The Kier molecular flexibility index (Phi) is 4.25. The standard InChI is InChI=1S/C14H19FN2O3/c1-9-6-10(16)7-11(12(9)15)13(18)17-8-14(19)2-4-20-5-3-14/h6-7,19H,2-5,8,16H2,1H3,(H,17,18). The highest BCUT2D eigenvalue weighted by Crippen LogP contribution is 2.20. The smallest absolute Gasteiger partial charge is 0.254 e. The van der Waals surface area contributed by atoms with E-state index in [-0.39, 0.29) is 12.1 Å². The number of carbonyl (C=O) groups is 1. The van der Waals surface area contributed by atoms with Gasteiger partial charge in [-0.25, -0.2) is 4.39 Å². The zero-order chi connectivity index (χ0) is 14.8. The van der Waals surface area contributed by atoms with E-state index in [0.717, 1.165) is 0 Å². The summed E-state index contributed by atoms with van der Waals surface area (Å²) in [4.78, 5) is 12.0. The predicted octanol–water partition coefficient (Wildman–Crippen LogP) is 0.988. The summed E-state index contributed by atoms with van der Waals surface area (Å²) < 4.78 is 19.1. The molecule has 1 fully saturated rings. The van der Waals surface area contributed by atoms with E-state index in [1.807, 2.05) is 0 Å². The molecule has 110 valence electrons. The van der Waals surface area contributed by atoms with Gasteiger partial charge in [-0.15, -0.1) is 0 Å². The van der Waals surface area contributed by atoms with Crippen LogP contribution in [0.4, 0.5) is 10.1 Å². The molecular weight excluding hydrogens is 263 g/mol. The van der Waals surface area contributed by atoms with Crippen molar-refractivity contribution in [3.8, 4) is 0 Å². The third-order valence-corrected chi connectivity index (χ3v) is 3.52. The Hall–Kier alpha value is -1.66. The van der Waals surface area contributed by atoms with Crippen LogP contribution in [0.5, 0.6) is 0 Å². The van der Waals surface area contributed by atoms with Gasteiger partial charge in [-0.3, -0.25) is 4.79 Å². The summed E-state index contributed by atoms with van der Waals surface area (Å²) in [5.74, 6) is -1.16. The third kappa shape index (κ3) is 3.26. The van der Waals surface area contributed by atoms with E-state index in [0.29, 0.717) is 37.3 Å². The first kappa shape index (κ1) is 14.7. The molecule has 1 aliphatic heterocycles. The van der Waals surface area contributed by atoms with Gasteiger partial charge in [0.25, 0.3) is 5.91 Å². The molecule has 1 heterocycles. The van der Waals surface area contributed by atoms with Crippen molar-refractivity contribution in [3.63, 3.8) is 0 Å². The number of nitrogens with one attached hydrogen (secondary N) is 1. The van der Waals surface area contributed by atoms with Crippen molar-refractivity contribution in [2.24, 2.45) is 0 Å². The van der Waals surface area contributed by atoms with Gasteiger partial charge < -0.3 is 20.9 Å². The fraction of sp³-hybridized carbons (Fsp3) is 0.500. The van der Waals surface area contributed by atoms with Crippen molar-refractivity contribution in [1.29, 1.82) is 0 Å². The van der Waals surface area contributed by atoms with Gasteiger partial charge in [-0.1, -0.05) is 0 Å². The maximum absolute atomic E-state index is 13.9. The highest BCUT2D eigenvalue weighted by Gasteiger charge is 2.30. The summed E-state index contributed by atoms with van der Waals surface area (Å²) in [5.41, 5.74) is 5.18. The molecule has 4 N–H and O–H groups in total. The Labute approximate surface area is 116 Å².